The molecule has 0 unspecified atom stereocenters. The normalized spacial score (nSPS) is 19.7. The topological polar surface area (TPSA) is 81.9 Å². The molecular weight excluding hydrogens is 380 g/mol. The zero-order valence-electron chi connectivity index (χ0n) is 15.6. The molecule has 1 amide bonds. The Morgan fingerprint density at radius 2 is 1.93 bits per heavy atom. The number of nitrogens with zero attached hydrogens (tertiary/aromatic N) is 2. The second kappa shape index (κ2) is 7.73. The predicted octanol–water partition coefficient (Wildman–Crippen LogP) is 3.35. The van der Waals surface area contributed by atoms with Crippen molar-refractivity contribution in [3.05, 3.63) is 42.2 Å². The van der Waals surface area contributed by atoms with Crippen LogP contribution < -0.4 is 0 Å². The number of ether oxygens (including phenoxy) is 2. The van der Waals surface area contributed by atoms with E-state index in [0.717, 1.165) is 10.2 Å². The molecule has 8 heteroatoms. The Hall–Kier alpha value is -2.71. The van der Waals surface area contributed by atoms with Crippen molar-refractivity contribution in [2.75, 3.05) is 19.7 Å². The van der Waals surface area contributed by atoms with Gasteiger partial charge in [-0.25, -0.2) is 9.78 Å². The maximum Gasteiger partial charge on any atom is 0.374 e. The number of rotatable bonds is 4. The maximum absolute atomic E-state index is 12.3. The highest BCUT2D eigenvalue weighted by atomic mass is 32.1. The van der Waals surface area contributed by atoms with Crippen LogP contribution >= 0.6 is 11.3 Å². The summed E-state index contributed by atoms with van der Waals surface area (Å²) in [5.74, 6) is -0.371. The molecule has 0 bridgehead atoms. The highest BCUT2D eigenvalue weighted by Crippen LogP contribution is 2.31. The summed E-state index contributed by atoms with van der Waals surface area (Å²) in [4.78, 5) is 30.7. The number of thiazole rings is 1. The summed E-state index contributed by atoms with van der Waals surface area (Å²) in [7, 11) is 0. The molecule has 1 saturated heterocycles. The smallest absolute Gasteiger partial charge is 0.374 e. The van der Waals surface area contributed by atoms with Crippen LogP contribution in [0.3, 0.4) is 0 Å². The lowest BCUT2D eigenvalue weighted by atomic mass is 10.2. The lowest BCUT2D eigenvalue weighted by molar-refractivity contribution is -0.146. The minimum atomic E-state index is -0.671. The number of hydrogen-bond acceptors (Lipinski definition) is 7. The van der Waals surface area contributed by atoms with Gasteiger partial charge < -0.3 is 18.8 Å². The number of fused-ring (bicyclic) bond motifs is 1. The van der Waals surface area contributed by atoms with Crippen LogP contribution in [0.15, 0.2) is 40.8 Å². The molecule has 1 aromatic carbocycles. The van der Waals surface area contributed by atoms with Crippen molar-refractivity contribution < 1.29 is 23.5 Å². The largest absolute Gasteiger partial charge is 0.450 e. The van der Waals surface area contributed by atoms with Crippen molar-refractivity contribution in [1.29, 1.82) is 0 Å². The van der Waals surface area contributed by atoms with E-state index in [0.29, 0.717) is 23.9 Å². The van der Waals surface area contributed by atoms with E-state index in [1.54, 1.807) is 11.0 Å². The Kier molecular flexibility index (Phi) is 5.15. The van der Waals surface area contributed by atoms with Crippen molar-refractivity contribution in [2.24, 2.45) is 0 Å². The van der Waals surface area contributed by atoms with Gasteiger partial charge in [-0.15, -0.1) is 11.3 Å². The molecule has 0 N–H and O–H groups in total. The minimum absolute atomic E-state index is 0.0372. The van der Waals surface area contributed by atoms with Gasteiger partial charge in [-0.3, -0.25) is 4.79 Å². The zero-order chi connectivity index (χ0) is 19.7. The molecule has 0 saturated carbocycles. The number of aromatic nitrogens is 1. The Bertz CT molecular complexity index is 968. The summed E-state index contributed by atoms with van der Waals surface area (Å²) in [5, 5.41) is 0.688. The van der Waals surface area contributed by atoms with Gasteiger partial charge in [0.2, 0.25) is 5.76 Å². The fraction of sp³-hybridized carbons (Fsp3) is 0.350. The van der Waals surface area contributed by atoms with E-state index in [9.17, 15) is 9.59 Å². The van der Waals surface area contributed by atoms with Gasteiger partial charge in [0, 0.05) is 13.1 Å². The summed E-state index contributed by atoms with van der Waals surface area (Å²) in [6.45, 7) is 4.48. The lowest BCUT2D eigenvalue weighted by Crippen LogP contribution is -2.49. The van der Waals surface area contributed by atoms with E-state index in [-0.39, 0.29) is 30.5 Å². The van der Waals surface area contributed by atoms with Gasteiger partial charge in [0.05, 0.1) is 22.4 Å². The SMILES string of the molecule is C[C@H]1CN(C(=O)COC(=O)c2ccc(-c3nc4ccccc4s3)o2)C[C@H](C)O1. The summed E-state index contributed by atoms with van der Waals surface area (Å²) < 4.78 is 17.4. The molecule has 28 heavy (non-hydrogen) atoms. The monoisotopic (exact) mass is 400 g/mol. The number of carbonyl (C=O) groups excluding carboxylic acids is 2. The van der Waals surface area contributed by atoms with Crippen molar-refractivity contribution in [1.82, 2.24) is 9.88 Å². The van der Waals surface area contributed by atoms with E-state index in [4.69, 9.17) is 13.9 Å². The van der Waals surface area contributed by atoms with Crippen LogP contribution in [0.1, 0.15) is 24.4 Å². The molecule has 2 atom stereocenters. The number of esters is 1. The van der Waals surface area contributed by atoms with Crippen LogP contribution in [0.5, 0.6) is 0 Å². The first-order valence-electron chi connectivity index (χ1n) is 9.06. The average Bonchev–Trinajstić information content (AvgIpc) is 3.31. The number of amides is 1. The number of furan rings is 1. The highest BCUT2D eigenvalue weighted by molar-refractivity contribution is 7.21. The van der Waals surface area contributed by atoms with Crippen molar-refractivity contribution in [2.45, 2.75) is 26.1 Å². The molecule has 7 nitrogen and oxygen atoms in total. The lowest BCUT2D eigenvalue weighted by Gasteiger charge is -2.35. The molecule has 0 spiro atoms. The molecule has 3 heterocycles. The van der Waals surface area contributed by atoms with Gasteiger partial charge in [-0.1, -0.05) is 12.1 Å². The van der Waals surface area contributed by atoms with Gasteiger partial charge in [0.1, 0.15) is 0 Å². The third kappa shape index (κ3) is 3.93. The second-order valence-electron chi connectivity index (χ2n) is 6.78. The first kappa shape index (κ1) is 18.6. The van der Waals surface area contributed by atoms with Crippen LogP contribution in [0.25, 0.3) is 21.0 Å². The molecule has 0 aliphatic carbocycles. The van der Waals surface area contributed by atoms with E-state index < -0.39 is 5.97 Å². The molecule has 1 aliphatic heterocycles. The van der Waals surface area contributed by atoms with Gasteiger partial charge in [0.25, 0.3) is 5.91 Å². The van der Waals surface area contributed by atoms with Gasteiger partial charge in [-0.2, -0.15) is 0 Å². The summed E-state index contributed by atoms with van der Waals surface area (Å²) >= 11 is 1.48. The maximum atomic E-state index is 12.3. The Labute approximate surface area is 165 Å². The van der Waals surface area contributed by atoms with Crippen LogP contribution in [0.4, 0.5) is 0 Å². The number of benzene rings is 1. The molecule has 1 fully saturated rings. The zero-order valence-corrected chi connectivity index (χ0v) is 16.4. The van der Waals surface area contributed by atoms with Gasteiger partial charge in [-0.05, 0) is 38.1 Å². The summed E-state index contributed by atoms with van der Waals surface area (Å²) in [5.41, 5.74) is 0.877. The van der Waals surface area contributed by atoms with E-state index in [1.807, 2.05) is 38.1 Å². The standard InChI is InChI=1S/C20H20N2O5S/c1-12-9-22(10-13(2)26-12)18(23)11-25-20(24)16-8-7-15(27-16)19-21-14-5-3-4-6-17(14)28-19/h3-8,12-13H,9-11H2,1-2H3/t12-,13-/m0/s1. The fourth-order valence-electron chi connectivity index (χ4n) is 3.21. The molecule has 146 valence electrons. The molecule has 0 radical (unpaired) electrons. The molecule has 1 aliphatic rings. The van der Waals surface area contributed by atoms with E-state index in [1.165, 1.54) is 17.4 Å². The van der Waals surface area contributed by atoms with Crippen molar-refractivity contribution >= 4 is 33.4 Å². The first-order valence-corrected chi connectivity index (χ1v) is 9.87. The fourth-order valence-corrected chi connectivity index (χ4v) is 4.14. The summed E-state index contributed by atoms with van der Waals surface area (Å²) in [6.07, 6.45) is -0.0744. The third-order valence-corrected chi connectivity index (χ3v) is 5.46. The Morgan fingerprint density at radius 1 is 1.18 bits per heavy atom. The first-order chi connectivity index (χ1) is 13.5. The highest BCUT2D eigenvalue weighted by Gasteiger charge is 2.27. The quantitative estimate of drug-likeness (QED) is 0.625. The second-order valence-corrected chi connectivity index (χ2v) is 7.81. The van der Waals surface area contributed by atoms with E-state index in [2.05, 4.69) is 4.98 Å². The number of para-hydroxylation sites is 1. The Balaban J connectivity index is 1.38. The van der Waals surface area contributed by atoms with Crippen LogP contribution in [-0.2, 0) is 14.3 Å². The van der Waals surface area contributed by atoms with Crippen LogP contribution in [0.2, 0.25) is 0 Å². The van der Waals surface area contributed by atoms with Gasteiger partial charge in [0.15, 0.2) is 17.4 Å². The van der Waals surface area contributed by atoms with Crippen molar-refractivity contribution in [3.8, 4) is 10.8 Å². The molecule has 2 aromatic heterocycles. The van der Waals surface area contributed by atoms with Gasteiger partial charge >= 0.3 is 5.97 Å². The number of hydrogen-bond donors (Lipinski definition) is 0. The Morgan fingerprint density at radius 3 is 2.68 bits per heavy atom. The van der Waals surface area contributed by atoms with E-state index >= 15 is 0 Å². The molecular formula is C20H20N2O5S. The number of morpholine rings is 1. The molecule has 3 aromatic rings. The average molecular weight is 400 g/mol. The van der Waals surface area contributed by atoms with Crippen LogP contribution in [-0.4, -0.2) is 53.7 Å². The van der Waals surface area contributed by atoms with Crippen LogP contribution in [0, 0.1) is 0 Å². The van der Waals surface area contributed by atoms with Crippen molar-refractivity contribution in [3.63, 3.8) is 0 Å². The predicted molar refractivity (Wildman–Crippen MR) is 104 cm³/mol. The minimum Gasteiger partial charge on any atom is -0.450 e. The molecule has 4 rings (SSSR count). The third-order valence-electron chi connectivity index (χ3n) is 4.41. The summed E-state index contributed by atoms with van der Waals surface area (Å²) in [6, 6.07) is 11.0. The number of carbonyl (C=O) groups is 2.